The lowest BCUT2D eigenvalue weighted by atomic mass is 10.0. The van der Waals surface area contributed by atoms with E-state index in [1.54, 1.807) is 0 Å². The van der Waals surface area contributed by atoms with Gasteiger partial charge >= 0.3 is 0 Å². The number of alkyl halides is 2. The van der Waals surface area contributed by atoms with E-state index in [2.05, 4.69) is 4.98 Å². The van der Waals surface area contributed by atoms with Crippen LogP contribution in [0.3, 0.4) is 0 Å². The Morgan fingerprint density at radius 3 is 2.29 bits per heavy atom. The van der Waals surface area contributed by atoms with Crippen LogP contribution in [0, 0.1) is 5.92 Å². The van der Waals surface area contributed by atoms with Crippen LogP contribution in [0.4, 0.5) is 8.78 Å². The number of halogens is 2. The van der Waals surface area contributed by atoms with Crippen LogP contribution < -0.4 is 0 Å². The van der Waals surface area contributed by atoms with Crippen LogP contribution in [0.2, 0.25) is 0 Å². The van der Waals surface area contributed by atoms with Gasteiger partial charge in [0.15, 0.2) is 0 Å². The Morgan fingerprint density at radius 1 is 1.29 bits per heavy atom. The van der Waals surface area contributed by atoms with Crippen molar-refractivity contribution in [1.29, 1.82) is 0 Å². The van der Waals surface area contributed by atoms with Crippen LogP contribution in [-0.2, 0) is 0 Å². The lowest BCUT2D eigenvalue weighted by Crippen LogP contribution is -2.06. The fourth-order valence-corrected chi connectivity index (χ4v) is 1.11. The van der Waals surface area contributed by atoms with Gasteiger partial charge in [0, 0.05) is 6.20 Å². The molecule has 0 aliphatic carbocycles. The van der Waals surface area contributed by atoms with Crippen LogP contribution in [0.1, 0.15) is 37.6 Å². The molecule has 0 saturated carbocycles. The van der Waals surface area contributed by atoms with Crippen molar-refractivity contribution in [2.75, 3.05) is 0 Å². The van der Waals surface area contributed by atoms with Gasteiger partial charge in [0.25, 0.3) is 6.43 Å². The predicted molar refractivity (Wildman–Crippen MR) is 49.0 cm³/mol. The first-order valence-corrected chi connectivity index (χ1v) is 4.44. The Hall–Kier alpha value is -1.03. The number of hydrogen-bond acceptors (Lipinski definition) is 2. The van der Waals surface area contributed by atoms with Crippen molar-refractivity contribution in [3.8, 4) is 0 Å². The van der Waals surface area contributed by atoms with Crippen molar-refractivity contribution in [2.24, 2.45) is 5.92 Å². The minimum atomic E-state index is -2.56. The van der Waals surface area contributed by atoms with Crippen LogP contribution >= 0.6 is 0 Å². The smallest absolute Gasteiger partial charge is 0.280 e. The van der Waals surface area contributed by atoms with Gasteiger partial charge < -0.3 is 5.11 Å². The van der Waals surface area contributed by atoms with E-state index in [1.807, 2.05) is 13.8 Å². The first kappa shape index (κ1) is 11.0. The van der Waals surface area contributed by atoms with Gasteiger partial charge in [-0.25, -0.2) is 8.78 Å². The molecule has 0 aromatic carbocycles. The highest BCUT2D eigenvalue weighted by atomic mass is 19.3. The van der Waals surface area contributed by atoms with Crippen LogP contribution in [0.5, 0.6) is 0 Å². The first-order valence-electron chi connectivity index (χ1n) is 4.44. The Labute approximate surface area is 81.6 Å². The summed E-state index contributed by atoms with van der Waals surface area (Å²) in [5, 5.41) is 9.60. The normalized spacial score (nSPS) is 13.6. The van der Waals surface area contributed by atoms with E-state index in [0.29, 0.717) is 5.56 Å². The number of aromatic nitrogens is 1. The van der Waals surface area contributed by atoms with E-state index >= 15 is 0 Å². The molecule has 0 fully saturated rings. The van der Waals surface area contributed by atoms with Crippen LogP contribution in [-0.4, -0.2) is 10.1 Å². The summed E-state index contributed by atoms with van der Waals surface area (Å²) in [6.45, 7) is 3.71. The SMILES string of the molecule is CC(C)C(O)c1ccc(C(F)F)nc1. The molecule has 0 bridgehead atoms. The third kappa shape index (κ3) is 2.48. The molecular formula is C10H13F2NO. The van der Waals surface area contributed by atoms with E-state index in [0.717, 1.165) is 0 Å². The highest BCUT2D eigenvalue weighted by Crippen LogP contribution is 2.22. The van der Waals surface area contributed by atoms with Crippen molar-refractivity contribution >= 4 is 0 Å². The van der Waals surface area contributed by atoms with E-state index < -0.39 is 12.5 Å². The monoisotopic (exact) mass is 201 g/mol. The van der Waals surface area contributed by atoms with E-state index in [-0.39, 0.29) is 11.6 Å². The van der Waals surface area contributed by atoms with E-state index in [9.17, 15) is 13.9 Å². The fraction of sp³-hybridized carbons (Fsp3) is 0.500. The highest BCUT2D eigenvalue weighted by Gasteiger charge is 2.14. The molecule has 4 heteroatoms. The zero-order valence-electron chi connectivity index (χ0n) is 8.11. The minimum absolute atomic E-state index is 0.0502. The van der Waals surface area contributed by atoms with E-state index in [4.69, 9.17) is 0 Å². The average molecular weight is 201 g/mol. The Morgan fingerprint density at radius 2 is 1.93 bits per heavy atom. The van der Waals surface area contributed by atoms with Gasteiger partial charge in [-0.05, 0) is 17.5 Å². The quantitative estimate of drug-likeness (QED) is 0.815. The number of pyridine rings is 1. The molecule has 0 aliphatic heterocycles. The van der Waals surface area contributed by atoms with Crippen molar-refractivity contribution in [1.82, 2.24) is 4.98 Å². The largest absolute Gasteiger partial charge is 0.388 e. The topological polar surface area (TPSA) is 33.1 Å². The van der Waals surface area contributed by atoms with E-state index in [1.165, 1.54) is 18.3 Å². The molecule has 0 spiro atoms. The minimum Gasteiger partial charge on any atom is -0.388 e. The standard InChI is InChI=1S/C10H13F2NO/c1-6(2)9(14)7-3-4-8(10(11)12)13-5-7/h3-6,9-10,14H,1-2H3. The van der Waals surface area contributed by atoms with Gasteiger partial charge in [-0.3, -0.25) is 4.98 Å². The Kier molecular flexibility index (Phi) is 3.52. The number of hydrogen-bond donors (Lipinski definition) is 1. The molecular weight excluding hydrogens is 188 g/mol. The van der Waals surface area contributed by atoms with Gasteiger partial charge in [-0.15, -0.1) is 0 Å². The second-order valence-corrected chi connectivity index (χ2v) is 3.51. The molecule has 0 saturated heterocycles. The molecule has 78 valence electrons. The van der Waals surface area contributed by atoms with Gasteiger partial charge in [0.05, 0.1) is 6.10 Å². The predicted octanol–water partition coefficient (Wildman–Crippen LogP) is 2.71. The number of nitrogens with zero attached hydrogens (tertiary/aromatic N) is 1. The van der Waals surface area contributed by atoms with Gasteiger partial charge in [0.2, 0.25) is 0 Å². The molecule has 1 heterocycles. The molecule has 0 amide bonds. The van der Waals surface area contributed by atoms with Crippen molar-refractivity contribution in [3.05, 3.63) is 29.6 Å². The lowest BCUT2D eigenvalue weighted by Gasteiger charge is -2.14. The maximum absolute atomic E-state index is 12.1. The summed E-state index contributed by atoms with van der Waals surface area (Å²) >= 11 is 0. The molecule has 1 atom stereocenters. The number of aliphatic hydroxyl groups is 1. The lowest BCUT2D eigenvalue weighted by molar-refractivity contribution is 0.125. The zero-order chi connectivity index (χ0) is 10.7. The maximum Gasteiger partial charge on any atom is 0.280 e. The van der Waals surface area contributed by atoms with Crippen LogP contribution in [0.15, 0.2) is 18.3 Å². The van der Waals surface area contributed by atoms with Crippen molar-refractivity contribution < 1.29 is 13.9 Å². The second-order valence-electron chi connectivity index (χ2n) is 3.51. The summed E-state index contributed by atoms with van der Waals surface area (Å²) in [6, 6.07) is 2.73. The summed E-state index contributed by atoms with van der Waals surface area (Å²) < 4.78 is 24.3. The molecule has 2 nitrogen and oxygen atoms in total. The average Bonchev–Trinajstić information content (AvgIpc) is 2.16. The Balaban J connectivity index is 2.83. The molecule has 1 N–H and O–H groups in total. The van der Waals surface area contributed by atoms with Crippen molar-refractivity contribution in [3.63, 3.8) is 0 Å². The van der Waals surface area contributed by atoms with Crippen LogP contribution in [0.25, 0.3) is 0 Å². The summed E-state index contributed by atoms with van der Waals surface area (Å²) in [5.74, 6) is 0.0502. The summed E-state index contributed by atoms with van der Waals surface area (Å²) in [5.41, 5.74) is 0.314. The Bertz CT molecular complexity index is 285. The first-order chi connectivity index (χ1) is 6.52. The molecule has 1 unspecified atom stereocenters. The fourth-order valence-electron chi connectivity index (χ4n) is 1.11. The maximum atomic E-state index is 12.1. The molecule has 14 heavy (non-hydrogen) atoms. The highest BCUT2D eigenvalue weighted by molar-refractivity contribution is 5.17. The molecule has 1 rings (SSSR count). The molecule has 1 aromatic heterocycles. The third-order valence-corrected chi connectivity index (χ3v) is 2.01. The zero-order valence-corrected chi connectivity index (χ0v) is 8.11. The summed E-state index contributed by atoms with van der Waals surface area (Å²) in [6.07, 6.45) is -1.90. The summed E-state index contributed by atoms with van der Waals surface area (Å²) in [4.78, 5) is 3.57. The molecule has 1 aromatic rings. The number of aliphatic hydroxyl groups excluding tert-OH is 1. The van der Waals surface area contributed by atoms with Gasteiger partial charge in [-0.2, -0.15) is 0 Å². The third-order valence-electron chi connectivity index (χ3n) is 2.01. The van der Waals surface area contributed by atoms with Gasteiger partial charge in [-0.1, -0.05) is 19.9 Å². The summed E-state index contributed by atoms with van der Waals surface area (Å²) in [7, 11) is 0. The second kappa shape index (κ2) is 4.46. The van der Waals surface area contributed by atoms with Gasteiger partial charge in [0.1, 0.15) is 5.69 Å². The molecule has 0 radical (unpaired) electrons. The number of rotatable bonds is 3. The van der Waals surface area contributed by atoms with Crippen molar-refractivity contribution in [2.45, 2.75) is 26.4 Å². The molecule has 0 aliphatic rings.